The lowest BCUT2D eigenvalue weighted by molar-refractivity contribution is 0.109. The number of aliphatic hydroxyl groups excluding tert-OH is 1. The summed E-state index contributed by atoms with van der Waals surface area (Å²) in [7, 11) is 0. The summed E-state index contributed by atoms with van der Waals surface area (Å²) in [4.78, 5) is 11.5. The highest BCUT2D eigenvalue weighted by molar-refractivity contribution is 7.80. The molecule has 10 heteroatoms. The van der Waals surface area contributed by atoms with Crippen LogP contribution in [0.1, 0.15) is 59.6 Å². The van der Waals surface area contributed by atoms with Gasteiger partial charge in [-0.1, -0.05) is 13.0 Å². The van der Waals surface area contributed by atoms with Gasteiger partial charge in [0.15, 0.2) is 0 Å². The molecule has 3 unspecified atom stereocenters. The average molecular weight is 466 g/mol. The number of nitrogens with two attached hydrogens (primary N) is 1. The van der Waals surface area contributed by atoms with E-state index in [1.807, 2.05) is 13.8 Å². The summed E-state index contributed by atoms with van der Waals surface area (Å²) in [5, 5.41) is 15.4. The SMILES string of the molecule is Cc1ccc(F)c(C(C)C(N)c2n[nH]c(=O)o2)c1C.OC1CCOc2c(S)ccc(F)c21. The molecule has 0 saturated carbocycles. The van der Waals surface area contributed by atoms with Crippen LogP contribution < -0.4 is 16.2 Å². The number of aliphatic hydroxyl groups is 1. The topological polar surface area (TPSA) is 114 Å². The zero-order chi connectivity index (χ0) is 23.6. The van der Waals surface area contributed by atoms with Gasteiger partial charge in [0.25, 0.3) is 0 Å². The number of nitrogens with zero attached hydrogens (tertiary/aromatic N) is 1. The first-order chi connectivity index (χ1) is 15.1. The molecule has 1 aliphatic rings. The molecule has 1 aromatic heterocycles. The first-order valence-electron chi connectivity index (χ1n) is 10.0. The van der Waals surface area contributed by atoms with Crippen molar-refractivity contribution in [1.29, 1.82) is 0 Å². The van der Waals surface area contributed by atoms with Crippen LogP contribution in [0.5, 0.6) is 5.75 Å². The van der Waals surface area contributed by atoms with Crippen LogP contribution >= 0.6 is 12.6 Å². The Hall–Kier alpha value is -2.69. The Morgan fingerprint density at radius 2 is 1.94 bits per heavy atom. The monoisotopic (exact) mass is 465 g/mol. The van der Waals surface area contributed by atoms with Crippen molar-refractivity contribution in [2.45, 2.75) is 50.2 Å². The van der Waals surface area contributed by atoms with Gasteiger partial charge in [0, 0.05) is 17.2 Å². The fraction of sp³-hybridized carbons (Fsp3) is 0.364. The summed E-state index contributed by atoms with van der Waals surface area (Å²) >= 11 is 4.12. The number of aryl methyl sites for hydroxylation is 1. The van der Waals surface area contributed by atoms with Gasteiger partial charge in [0.1, 0.15) is 17.4 Å². The zero-order valence-electron chi connectivity index (χ0n) is 17.9. The van der Waals surface area contributed by atoms with Gasteiger partial charge in [-0.15, -0.1) is 17.7 Å². The van der Waals surface area contributed by atoms with E-state index in [1.165, 1.54) is 18.2 Å². The Labute approximate surface area is 189 Å². The van der Waals surface area contributed by atoms with Crippen molar-refractivity contribution < 1.29 is 23.0 Å². The quantitative estimate of drug-likeness (QED) is 0.437. The maximum atomic E-state index is 14.0. The van der Waals surface area contributed by atoms with Gasteiger partial charge in [-0.05, 0) is 48.7 Å². The van der Waals surface area contributed by atoms with Crippen LogP contribution in [-0.2, 0) is 0 Å². The Morgan fingerprint density at radius 1 is 1.25 bits per heavy atom. The van der Waals surface area contributed by atoms with E-state index in [1.54, 1.807) is 13.0 Å². The zero-order valence-corrected chi connectivity index (χ0v) is 18.7. The van der Waals surface area contributed by atoms with E-state index >= 15 is 0 Å². The minimum atomic E-state index is -0.768. The maximum absolute atomic E-state index is 14.0. The normalized spacial score (nSPS) is 16.9. The van der Waals surface area contributed by atoms with Crippen LogP contribution in [-0.4, -0.2) is 21.9 Å². The fourth-order valence-electron chi connectivity index (χ4n) is 3.58. The van der Waals surface area contributed by atoms with Crippen molar-refractivity contribution in [1.82, 2.24) is 10.2 Å². The number of halogens is 2. The average Bonchev–Trinajstić information content (AvgIpc) is 3.20. The molecular weight excluding hydrogens is 440 g/mol. The van der Waals surface area contributed by atoms with Gasteiger partial charge in [-0.25, -0.2) is 18.7 Å². The summed E-state index contributed by atoms with van der Waals surface area (Å²) < 4.78 is 37.3. The lowest BCUT2D eigenvalue weighted by Gasteiger charge is -2.23. The summed E-state index contributed by atoms with van der Waals surface area (Å²) in [5.74, 6) is -1.31. The van der Waals surface area contributed by atoms with Gasteiger partial charge in [-0.3, -0.25) is 0 Å². The molecule has 0 amide bonds. The number of rotatable bonds is 3. The highest BCUT2D eigenvalue weighted by Crippen LogP contribution is 2.38. The Kier molecular flexibility index (Phi) is 7.37. The highest BCUT2D eigenvalue weighted by Gasteiger charge is 2.26. The molecule has 0 spiro atoms. The molecule has 3 atom stereocenters. The minimum Gasteiger partial charge on any atom is -0.492 e. The van der Waals surface area contributed by atoms with E-state index in [-0.39, 0.29) is 23.2 Å². The molecule has 0 saturated heterocycles. The van der Waals surface area contributed by atoms with Crippen LogP contribution in [0.3, 0.4) is 0 Å². The van der Waals surface area contributed by atoms with Crippen molar-refractivity contribution >= 4 is 12.6 Å². The van der Waals surface area contributed by atoms with Crippen LogP contribution in [0.25, 0.3) is 0 Å². The standard InChI is InChI=1S/C13H16FN3O2.C9H9FO2S/c1-6-4-5-9(14)10(7(6)2)8(3)11(15)12-16-17-13(18)19-12;10-5-1-2-7(13)9-8(5)6(11)3-4-12-9/h4-5,8,11H,15H2,1-3H3,(H,17,18);1-2,6,11,13H,3-4H2. The second-order valence-corrected chi connectivity index (χ2v) is 8.11. The molecule has 2 heterocycles. The molecule has 7 nitrogen and oxygen atoms in total. The number of aromatic amines is 1. The Bertz CT molecular complexity index is 1160. The van der Waals surface area contributed by atoms with Crippen LogP contribution in [0, 0.1) is 25.5 Å². The molecule has 0 fully saturated rings. The fourth-order valence-corrected chi connectivity index (χ4v) is 3.84. The number of hydrogen-bond acceptors (Lipinski definition) is 7. The lowest BCUT2D eigenvalue weighted by Crippen LogP contribution is -2.20. The van der Waals surface area contributed by atoms with Gasteiger partial charge in [0.05, 0.1) is 24.3 Å². The van der Waals surface area contributed by atoms with E-state index in [9.17, 15) is 18.7 Å². The summed E-state index contributed by atoms with van der Waals surface area (Å²) in [6.07, 6.45) is -0.336. The predicted octanol–water partition coefficient (Wildman–Crippen LogP) is 3.85. The van der Waals surface area contributed by atoms with E-state index < -0.39 is 23.7 Å². The molecule has 1 aliphatic heterocycles. The van der Waals surface area contributed by atoms with Crippen LogP contribution in [0.15, 0.2) is 38.4 Å². The van der Waals surface area contributed by atoms with Crippen LogP contribution in [0.2, 0.25) is 0 Å². The molecule has 32 heavy (non-hydrogen) atoms. The molecule has 0 aliphatic carbocycles. The first-order valence-corrected chi connectivity index (χ1v) is 10.4. The van der Waals surface area contributed by atoms with Crippen molar-refractivity contribution in [3.05, 3.63) is 74.6 Å². The van der Waals surface area contributed by atoms with E-state index in [0.29, 0.717) is 29.2 Å². The molecule has 172 valence electrons. The third-order valence-corrected chi connectivity index (χ3v) is 5.91. The summed E-state index contributed by atoms with van der Waals surface area (Å²) in [6.45, 7) is 5.94. The summed E-state index contributed by atoms with van der Waals surface area (Å²) in [5.41, 5.74) is 8.58. The minimum absolute atomic E-state index is 0.0813. The van der Waals surface area contributed by atoms with Gasteiger partial charge in [-0.2, -0.15) is 0 Å². The number of hydrogen-bond donors (Lipinski definition) is 4. The number of nitrogens with one attached hydrogen (secondary N) is 1. The van der Waals surface area contributed by atoms with Gasteiger partial charge in [0.2, 0.25) is 5.89 Å². The molecular formula is C22H25F2N3O4S. The molecule has 0 bridgehead atoms. The van der Waals surface area contributed by atoms with Crippen molar-refractivity contribution in [2.24, 2.45) is 5.73 Å². The molecule has 4 rings (SSSR count). The number of benzene rings is 2. The number of H-pyrrole nitrogens is 1. The third kappa shape index (κ3) is 4.87. The second kappa shape index (κ2) is 9.85. The van der Waals surface area contributed by atoms with Crippen molar-refractivity contribution in [2.75, 3.05) is 6.61 Å². The molecule has 4 N–H and O–H groups in total. The number of aromatic nitrogens is 2. The van der Waals surface area contributed by atoms with Gasteiger partial charge < -0.3 is 20.0 Å². The van der Waals surface area contributed by atoms with Gasteiger partial charge >= 0.3 is 5.76 Å². The number of fused-ring (bicyclic) bond motifs is 1. The summed E-state index contributed by atoms with van der Waals surface area (Å²) in [6, 6.07) is 5.27. The smallest absolute Gasteiger partial charge is 0.434 e. The van der Waals surface area contributed by atoms with E-state index in [2.05, 4.69) is 22.8 Å². The largest absolute Gasteiger partial charge is 0.492 e. The first kappa shape index (κ1) is 24.0. The predicted molar refractivity (Wildman–Crippen MR) is 117 cm³/mol. The van der Waals surface area contributed by atoms with E-state index in [0.717, 1.165) is 11.1 Å². The van der Waals surface area contributed by atoms with Crippen molar-refractivity contribution in [3.63, 3.8) is 0 Å². The molecule has 2 aromatic carbocycles. The highest BCUT2D eigenvalue weighted by atomic mass is 32.1. The number of ether oxygens (including phenoxy) is 1. The van der Waals surface area contributed by atoms with Crippen LogP contribution in [0.4, 0.5) is 8.78 Å². The molecule has 3 aromatic rings. The molecule has 0 radical (unpaired) electrons. The maximum Gasteiger partial charge on any atom is 0.434 e. The Morgan fingerprint density at radius 3 is 2.56 bits per heavy atom. The second-order valence-electron chi connectivity index (χ2n) is 7.63. The van der Waals surface area contributed by atoms with E-state index in [4.69, 9.17) is 14.9 Å². The number of thiol groups is 1. The lowest BCUT2D eigenvalue weighted by atomic mass is 9.88. The third-order valence-electron chi connectivity index (χ3n) is 5.56. The Balaban J connectivity index is 0.000000193. The van der Waals surface area contributed by atoms with Crippen molar-refractivity contribution in [3.8, 4) is 5.75 Å².